The summed E-state index contributed by atoms with van der Waals surface area (Å²) in [6.45, 7) is 7.05. The number of hydrogen-bond acceptors (Lipinski definition) is 10. The molecule has 1 aromatic heterocycles. The second kappa shape index (κ2) is 15.3. The Morgan fingerprint density at radius 1 is 1.07 bits per heavy atom. The van der Waals surface area contributed by atoms with Crippen molar-refractivity contribution in [3.63, 3.8) is 0 Å². The molecule has 4 heterocycles. The lowest BCUT2D eigenvalue weighted by Crippen LogP contribution is -2.56. The molecular formula is C40H53N5O9S. The number of hydrogen-bond donors (Lipinski definition) is 2. The molecule has 0 unspecified atom stereocenters. The number of pyridine rings is 1. The van der Waals surface area contributed by atoms with Crippen LogP contribution in [0.15, 0.2) is 30.4 Å². The zero-order valence-corrected chi connectivity index (χ0v) is 33.0. The summed E-state index contributed by atoms with van der Waals surface area (Å²) in [5.41, 5.74) is 0.172. The van der Waals surface area contributed by atoms with E-state index in [0.717, 1.165) is 31.2 Å². The van der Waals surface area contributed by atoms with E-state index in [2.05, 4.69) is 10.0 Å². The monoisotopic (exact) mass is 779 g/mol. The number of carbonyl (C=O) groups is 4. The summed E-state index contributed by atoms with van der Waals surface area (Å²) in [5, 5.41) is 3.67. The number of allylic oxidation sites excluding steroid dienone is 2. The second-order valence-corrected chi connectivity index (χ2v) is 18.3. The first-order valence-corrected chi connectivity index (χ1v) is 21.2. The number of nitrogens with zero attached hydrogens (tertiary/aromatic N) is 3. The predicted molar refractivity (Wildman–Crippen MR) is 204 cm³/mol. The molecule has 4 amide bonds. The standard InChI is InChI=1S/C40H53N5O9S/c1-5-53-34-21-33(28-14-15-32(52-4)25(2)35(28)42-34)54-27-20-30-31(46)23-40(37(48)43-55(50,51)39(3)16-17-39)22-26(40)12-9-7-6-8-10-13-29(36(47)45(30)24-27)41-38(49)44-18-11-19-44/h9,12,14-15,21,26-27,29-30H,5-8,10-11,13,16-20,22-24H2,1-4H3,(H,41,49)(H,43,48)/b12-9-/t26-,27-,29+,30+,40-/m1/s1. The van der Waals surface area contributed by atoms with Crippen LogP contribution in [-0.4, -0.2) is 103 Å². The summed E-state index contributed by atoms with van der Waals surface area (Å²) in [4.78, 5) is 64.2. The average Bonchev–Trinajstić information content (AvgIpc) is 4.00. The molecular weight excluding hydrogens is 727 g/mol. The second-order valence-electron chi connectivity index (χ2n) is 16.1. The van der Waals surface area contributed by atoms with Crippen LogP contribution in [0.5, 0.6) is 17.4 Å². The van der Waals surface area contributed by atoms with E-state index in [-0.39, 0.29) is 43.0 Å². The first kappa shape index (κ1) is 38.9. The lowest BCUT2D eigenvalue weighted by atomic mass is 9.91. The Kier molecular flexibility index (Phi) is 10.8. The van der Waals surface area contributed by atoms with Gasteiger partial charge in [0.05, 0.1) is 42.0 Å². The number of ketones is 1. The fourth-order valence-electron chi connectivity index (χ4n) is 8.12. The number of aryl methyl sites for hydroxylation is 1. The normalized spacial score (nSPS) is 28.4. The smallest absolute Gasteiger partial charge is 0.318 e. The minimum absolute atomic E-state index is 0.0590. The van der Waals surface area contributed by atoms with Gasteiger partial charge in [0.1, 0.15) is 23.6 Å². The number of sulfonamides is 1. The third kappa shape index (κ3) is 7.73. The number of Topliss-reactive ketones (excluding diaryl/α,β-unsaturated/α-hetero) is 1. The number of carbonyl (C=O) groups excluding carboxylic acids is 4. The van der Waals surface area contributed by atoms with Crippen LogP contribution in [0.25, 0.3) is 10.9 Å². The molecule has 2 aliphatic carbocycles. The molecule has 1 aromatic carbocycles. The van der Waals surface area contributed by atoms with E-state index in [1.807, 2.05) is 38.1 Å². The van der Waals surface area contributed by atoms with Crippen molar-refractivity contribution in [1.82, 2.24) is 24.8 Å². The number of fused-ring (bicyclic) bond motifs is 3. The van der Waals surface area contributed by atoms with Gasteiger partial charge >= 0.3 is 6.03 Å². The SMILES string of the molecule is CCOc1cc(O[C@@H]2C[C@H]3C(=O)C[C@]4(C(=O)NS(=O)(=O)C5(C)CC5)C[C@H]4/C=C\CCCCC[C@H](NC(=O)N4CCC4)C(=O)N3C2)c2ccc(OC)c(C)c2n1. The minimum Gasteiger partial charge on any atom is -0.496 e. The van der Waals surface area contributed by atoms with Crippen molar-refractivity contribution in [2.75, 3.05) is 33.4 Å². The number of rotatable bonds is 9. The van der Waals surface area contributed by atoms with Crippen molar-refractivity contribution in [3.8, 4) is 17.4 Å². The van der Waals surface area contributed by atoms with Crippen molar-refractivity contribution in [3.05, 3.63) is 35.9 Å². The maximum atomic E-state index is 14.6. The Balaban J connectivity index is 1.21. The van der Waals surface area contributed by atoms with Gasteiger partial charge in [-0.05, 0) is 83.8 Å². The first-order chi connectivity index (χ1) is 26.3. The van der Waals surface area contributed by atoms with Gasteiger partial charge in [-0.3, -0.25) is 19.1 Å². The molecule has 4 fully saturated rings. The minimum atomic E-state index is -3.94. The number of ether oxygens (including phenoxy) is 3. The quantitative estimate of drug-likeness (QED) is 0.344. The number of methoxy groups -OCH3 is 1. The van der Waals surface area contributed by atoms with Crippen molar-refractivity contribution < 1.29 is 41.8 Å². The molecule has 2 saturated carbocycles. The van der Waals surface area contributed by atoms with Crippen molar-refractivity contribution >= 4 is 44.6 Å². The summed E-state index contributed by atoms with van der Waals surface area (Å²) >= 11 is 0. The lowest BCUT2D eigenvalue weighted by molar-refractivity contribution is -0.140. The molecule has 5 atom stereocenters. The largest absolute Gasteiger partial charge is 0.496 e. The molecule has 14 nitrogen and oxygen atoms in total. The molecule has 0 bridgehead atoms. The highest BCUT2D eigenvalue weighted by molar-refractivity contribution is 7.91. The number of aromatic nitrogens is 1. The molecule has 55 heavy (non-hydrogen) atoms. The van der Waals surface area contributed by atoms with Crippen LogP contribution in [0.4, 0.5) is 4.79 Å². The van der Waals surface area contributed by atoms with E-state index in [4.69, 9.17) is 19.2 Å². The van der Waals surface area contributed by atoms with Crippen LogP contribution in [0, 0.1) is 18.3 Å². The van der Waals surface area contributed by atoms with Gasteiger partial charge in [-0.2, -0.15) is 0 Å². The maximum Gasteiger partial charge on any atom is 0.318 e. The van der Waals surface area contributed by atoms with Crippen molar-refractivity contribution in [1.29, 1.82) is 0 Å². The number of benzene rings is 1. The average molecular weight is 780 g/mol. The summed E-state index contributed by atoms with van der Waals surface area (Å²) in [6.07, 6.45) is 8.86. The Bertz CT molecular complexity index is 2000. The fraction of sp³-hybridized carbons (Fsp3) is 0.625. The summed E-state index contributed by atoms with van der Waals surface area (Å²) < 4.78 is 45.8. The Hall–Kier alpha value is -4.40. The Morgan fingerprint density at radius 2 is 1.85 bits per heavy atom. The lowest BCUT2D eigenvalue weighted by Gasteiger charge is -2.34. The van der Waals surface area contributed by atoms with Crippen LogP contribution >= 0.6 is 0 Å². The van der Waals surface area contributed by atoms with Gasteiger partial charge in [0, 0.05) is 42.9 Å². The van der Waals surface area contributed by atoms with E-state index >= 15 is 0 Å². The van der Waals surface area contributed by atoms with Gasteiger partial charge in [0.15, 0.2) is 5.78 Å². The molecule has 0 radical (unpaired) electrons. The van der Waals surface area contributed by atoms with Gasteiger partial charge in [-0.15, -0.1) is 0 Å². The number of likely N-dealkylation sites (tertiary alicyclic amines) is 1. The first-order valence-electron chi connectivity index (χ1n) is 19.7. The van der Waals surface area contributed by atoms with Crippen LogP contribution < -0.4 is 24.2 Å². The van der Waals surface area contributed by atoms with Gasteiger partial charge < -0.3 is 29.3 Å². The van der Waals surface area contributed by atoms with Crippen LogP contribution in [0.2, 0.25) is 0 Å². The number of amides is 4. The topological polar surface area (TPSA) is 174 Å². The van der Waals surface area contributed by atoms with Gasteiger partial charge in [0.25, 0.3) is 0 Å². The number of urea groups is 1. The molecule has 7 rings (SSSR count). The Morgan fingerprint density at radius 3 is 2.55 bits per heavy atom. The zero-order valence-electron chi connectivity index (χ0n) is 32.2. The van der Waals surface area contributed by atoms with E-state index in [1.54, 1.807) is 25.0 Å². The summed E-state index contributed by atoms with van der Waals surface area (Å²) in [7, 11) is -2.36. The van der Waals surface area contributed by atoms with E-state index in [0.29, 0.717) is 80.1 Å². The van der Waals surface area contributed by atoms with E-state index in [1.165, 1.54) is 4.90 Å². The Labute approximate surface area is 322 Å². The van der Waals surface area contributed by atoms with Gasteiger partial charge in [-0.25, -0.2) is 18.2 Å². The molecule has 2 N–H and O–H groups in total. The van der Waals surface area contributed by atoms with Crippen LogP contribution in [-0.2, 0) is 24.4 Å². The number of nitrogens with one attached hydrogen (secondary N) is 2. The third-order valence-corrected chi connectivity index (χ3v) is 14.4. The molecule has 5 aliphatic rings. The maximum absolute atomic E-state index is 14.6. The highest BCUT2D eigenvalue weighted by Crippen LogP contribution is 2.57. The molecule has 3 aliphatic heterocycles. The highest BCUT2D eigenvalue weighted by Gasteiger charge is 2.62. The fourth-order valence-corrected chi connectivity index (χ4v) is 9.46. The zero-order chi connectivity index (χ0) is 39.1. The molecule has 0 spiro atoms. The third-order valence-electron chi connectivity index (χ3n) is 12.2. The molecule has 298 valence electrons. The van der Waals surface area contributed by atoms with Crippen LogP contribution in [0.3, 0.4) is 0 Å². The summed E-state index contributed by atoms with van der Waals surface area (Å²) in [6, 6.07) is 3.25. The van der Waals surface area contributed by atoms with Gasteiger partial charge in [-0.1, -0.05) is 25.0 Å². The van der Waals surface area contributed by atoms with Crippen molar-refractivity contribution in [2.24, 2.45) is 11.3 Å². The molecule has 15 heteroatoms. The van der Waals surface area contributed by atoms with Crippen LogP contribution in [0.1, 0.15) is 90.0 Å². The predicted octanol–water partition coefficient (Wildman–Crippen LogP) is 4.57. The summed E-state index contributed by atoms with van der Waals surface area (Å²) in [5.74, 6) is -0.240. The van der Waals surface area contributed by atoms with Crippen molar-refractivity contribution in [2.45, 2.75) is 114 Å². The highest BCUT2D eigenvalue weighted by atomic mass is 32.2. The van der Waals surface area contributed by atoms with E-state index in [9.17, 15) is 27.6 Å². The molecule has 2 aromatic rings. The van der Waals surface area contributed by atoms with E-state index < -0.39 is 44.3 Å². The molecule has 2 saturated heterocycles. The van der Waals surface area contributed by atoms with Gasteiger partial charge in [0.2, 0.25) is 27.7 Å².